The molecule has 3 aliphatic heterocycles. The van der Waals surface area contributed by atoms with Gasteiger partial charge in [-0.3, -0.25) is 9.69 Å². The van der Waals surface area contributed by atoms with Crippen molar-refractivity contribution >= 4 is 11.9 Å². The first-order valence-electron chi connectivity index (χ1n) is 7.32. The highest BCUT2D eigenvalue weighted by Gasteiger charge is 2.61. The second-order valence-corrected chi connectivity index (χ2v) is 7.67. The minimum absolute atomic E-state index is 0.0196. The summed E-state index contributed by atoms with van der Waals surface area (Å²) < 4.78 is 5.12. The number of carbonyl (C=O) groups excluding carboxylic acids is 2. The van der Waals surface area contributed by atoms with Crippen LogP contribution in [0.3, 0.4) is 0 Å². The molecule has 118 valence electrons. The Morgan fingerprint density at radius 2 is 1.76 bits per heavy atom. The Morgan fingerprint density at radius 1 is 1.24 bits per heavy atom. The SMILES string of the molecule is CC1(C)CC2(CC(C)(C)N1O)NC(=O)N(CC1CO1)C2=O. The second kappa shape index (κ2) is 4.18. The number of ether oxygens (including phenoxy) is 1. The Morgan fingerprint density at radius 3 is 2.24 bits per heavy atom. The van der Waals surface area contributed by atoms with Gasteiger partial charge in [-0.2, -0.15) is 5.06 Å². The molecule has 0 aromatic carbocycles. The van der Waals surface area contributed by atoms with E-state index in [1.807, 2.05) is 27.7 Å². The molecule has 0 saturated carbocycles. The first-order valence-corrected chi connectivity index (χ1v) is 7.32. The number of epoxide rings is 1. The summed E-state index contributed by atoms with van der Waals surface area (Å²) >= 11 is 0. The lowest BCUT2D eigenvalue weighted by Crippen LogP contribution is -2.68. The van der Waals surface area contributed by atoms with Crippen molar-refractivity contribution in [3.8, 4) is 0 Å². The van der Waals surface area contributed by atoms with E-state index in [9.17, 15) is 14.8 Å². The van der Waals surface area contributed by atoms with Gasteiger partial charge in [-0.15, -0.1) is 0 Å². The molecule has 1 unspecified atom stereocenters. The maximum absolute atomic E-state index is 12.8. The number of carbonyl (C=O) groups is 2. The summed E-state index contributed by atoms with van der Waals surface area (Å²) in [6, 6.07) is -0.353. The maximum Gasteiger partial charge on any atom is 0.325 e. The maximum atomic E-state index is 12.8. The summed E-state index contributed by atoms with van der Waals surface area (Å²) in [6.07, 6.45) is 0.743. The molecule has 3 amide bonds. The van der Waals surface area contributed by atoms with Crippen LogP contribution in [0, 0.1) is 0 Å². The Bertz CT molecular complexity index is 480. The number of hydrogen-bond donors (Lipinski definition) is 2. The van der Waals surface area contributed by atoms with E-state index in [0.29, 0.717) is 26.0 Å². The minimum Gasteiger partial charge on any atom is -0.371 e. The molecule has 0 aromatic rings. The molecular formula is C14H23N3O4. The number of rotatable bonds is 2. The van der Waals surface area contributed by atoms with Gasteiger partial charge in [-0.05, 0) is 40.5 Å². The van der Waals surface area contributed by atoms with Crippen LogP contribution in [0.2, 0.25) is 0 Å². The van der Waals surface area contributed by atoms with E-state index in [1.54, 1.807) is 0 Å². The van der Waals surface area contributed by atoms with Gasteiger partial charge in [0.1, 0.15) is 5.54 Å². The minimum atomic E-state index is -0.932. The Labute approximate surface area is 124 Å². The highest BCUT2D eigenvalue weighted by Crippen LogP contribution is 2.44. The van der Waals surface area contributed by atoms with Crippen molar-refractivity contribution in [2.45, 2.75) is 63.3 Å². The molecule has 21 heavy (non-hydrogen) atoms. The van der Waals surface area contributed by atoms with E-state index in [1.165, 1.54) is 9.96 Å². The van der Waals surface area contributed by atoms with Crippen molar-refractivity contribution in [3.05, 3.63) is 0 Å². The van der Waals surface area contributed by atoms with Gasteiger partial charge in [0.25, 0.3) is 5.91 Å². The molecule has 3 heterocycles. The van der Waals surface area contributed by atoms with Crippen molar-refractivity contribution < 1.29 is 19.5 Å². The van der Waals surface area contributed by atoms with E-state index < -0.39 is 16.6 Å². The molecule has 1 atom stereocenters. The zero-order valence-electron chi connectivity index (χ0n) is 13.0. The van der Waals surface area contributed by atoms with Crippen LogP contribution in [0.5, 0.6) is 0 Å². The molecule has 1 spiro atoms. The molecule has 7 heteroatoms. The van der Waals surface area contributed by atoms with Crippen LogP contribution >= 0.6 is 0 Å². The Kier molecular flexibility index (Phi) is 2.93. The van der Waals surface area contributed by atoms with Crippen molar-refractivity contribution in [2.75, 3.05) is 13.2 Å². The highest BCUT2D eigenvalue weighted by atomic mass is 16.6. The summed E-state index contributed by atoms with van der Waals surface area (Å²) in [5, 5.41) is 14.5. The molecule has 3 aliphatic rings. The molecule has 2 N–H and O–H groups in total. The number of hydroxylamine groups is 2. The predicted octanol–water partition coefficient (Wildman–Crippen LogP) is 0.718. The summed E-state index contributed by atoms with van der Waals surface area (Å²) in [5.41, 5.74) is -2.13. The topological polar surface area (TPSA) is 85.4 Å². The third kappa shape index (κ3) is 2.23. The molecule has 7 nitrogen and oxygen atoms in total. The van der Waals surface area contributed by atoms with Crippen LogP contribution < -0.4 is 5.32 Å². The van der Waals surface area contributed by atoms with Crippen molar-refractivity contribution in [1.82, 2.24) is 15.3 Å². The van der Waals surface area contributed by atoms with Crippen molar-refractivity contribution in [3.63, 3.8) is 0 Å². The van der Waals surface area contributed by atoms with Gasteiger partial charge in [0.2, 0.25) is 0 Å². The zero-order valence-corrected chi connectivity index (χ0v) is 13.0. The average Bonchev–Trinajstić information content (AvgIpc) is 3.11. The normalized spacial score (nSPS) is 33.4. The van der Waals surface area contributed by atoms with E-state index in [0.717, 1.165) is 0 Å². The highest BCUT2D eigenvalue weighted by molar-refractivity contribution is 6.07. The molecule has 3 fully saturated rings. The van der Waals surface area contributed by atoms with Gasteiger partial charge in [-0.1, -0.05) is 0 Å². The van der Waals surface area contributed by atoms with Crippen LogP contribution in [0.15, 0.2) is 0 Å². The fourth-order valence-corrected chi connectivity index (χ4v) is 3.97. The van der Waals surface area contributed by atoms with Crippen molar-refractivity contribution in [1.29, 1.82) is 0 Å². The molecule has 0 radical (unpaired) electrons. The molecule has 0 aliphatic carbocycles. The third-order valence-electron chi connectivity index (χ3n) is 4.65. The molecule has 3 saturated heterocycles. The van der Waals surface area contributed by atoms with E-state index in [2.05, 4.69) is 5.32 Å². The lowest BCUT2D eigenvalue weighted by atomic mass is 9.70. The number of amides is 3. The van der Waals surface area contributed by atoms with Gasteiger partial charge in [0, 0.05) is 11.1 Å². The standard InChI is InChI=1S/C14H23N3O4/c1-12(2)7-14(8-13(3,4)17(12)20)10(18)16(11(19)15-14)5-9-6-21-9/h9,20H,5-8H2,1-4H3,(H,15,19). The van der Waals surface area contributed by atoms with E-state index in [4.69, 9.17) is 4.74 Å². The fourth-order valence-electron chi connectivity index (χ4n) is 3.97. The third-order valence-corrected chi connectivity index (χ3v) is 4.65. The van der Waals surface area contributed by atoms with Crippen LogP contribution in [0.25, 0.3) is 0 Å². The van der Waals surface area contributed by atoms with Gasteiger partial charge >= 0.3 is 6.03 Å². The quantitative estimate of drug-likeness (QED) is 0.579. The first-order chi connectivity index (χ1) is 9.57. The van der Waals surface area contributed by atoms with E-state index >= 15 is 0 Å². The summed E-state index contributed by atoms with van der Waals surface area (Å²) in [4.78, 5) is 26.3. The lowest BCUT2D eigenvalue weighted by Gasteiger charge is -2.54. The van der Waals surface area contributed by atoms with Crippen LogP contribution in [-0.2, 0) is 9.53 Å². The Hall–Kier alpha value is -1.18. The van der Waals surface area contributed by atoms with Crippen LogP contribution in [0.1, 0.15) is 40.5 Å². The second-order valence-electron chi connectivity index (χ2n) is 7.67. The van der Waals surface area contributed by atoms with Gasteiger partial charge in [0.05, 0.1) is 19.3 Å². The zero-order chi connectivity index (χ0) is 15.6. The summed E-state index contributed by atoms with van der Waals surface area (Å²) in [6.45, 7) is 8.43. The molecule has 0 bridgehead atoms. The summed E-state index contributed by atoms with van der Waals surface area (Å²) in [7, 11) is 0. The monoisotopic (exact) mass is 297 g/mol. The van der Waals surface area contributed by atoms with Crippen molar-refractivity contribution in [2.24, 2.45) is 0 Å². The van der Waals surface area contributed by atoms with Crippen LogP contribution in [-0.4, -0.2) is 63.0 Å². The fraction of sp³-hybridized carbons (Fsp3) is 0.857. The van der Waals surface area contributed by atoms with Crippen LogP contribution in [0.4, 0.5) is 4.79 Å². The predicted molar refractivity (Wildman–Crippen MR) is 73.7 cm³/mol. The molecular weight excluding hydrogens is 274 g/mol. The Balaban J connectivity index is 1.90. The number of imide groups is 1. The smallest absolute Gasteiger partial charge is 0.325 e. The number of piperidine rings is 1. The van der Waals surface area contributed by atoms with Gasteiger partial charge in [0.15, 0.2) is 0 Å². The largest absolute Gasteiger partial charge is 0.371 e. The number of nitrogens with one attached hydrogen (secondary N) is 1. The summed E-state index contributed by atoms with van der Waals surface area (Å²) in [5.74, 6) is -0.197. The first kappa shape index (κ1) is 14.7. The van der Waals surface area contributed by atoms with E-state index in [-0.39, 0.29) is 18.0 Å². The van der Waals surface area contributed by atoms with Gasteiger partial charge < -0.3 is 15.3 Å². The number of hydrogen-bond acceptors (Lipinski definition) is 5. The van der Waals surface area contributed by atoms with Gasteiger partial charge in [-0.25, -0.2) is 4.79 Å². The average molecular weight is 297 g/mol. The lowest BCUT2D eigenvalue weighted by molar-refractivity contribution is -0.253. The number of nitrogens with zero attached hydrogens (tertiary/aromatic N) is 2. The molecule has 3 rings (SSSR count). The number of urea groups is 1. The molecule has 0 aromatic heterocycles.